The molecule has 0 aliphatic carbocycles. The average Bonchev–Trinajstić information content (AvgIpc) is 2.45. The summed E-state index contributed by atoms with van der Waals surface area (Å²) in [5.74, 6) is 0.817. The highest BCUT2D eigenvalue weighted by atomic mass is 16.5. The van der Waals surface area contributed by atoms with Crippen molar-refractivity contribution in [3.05, 3.63) is 29.8 Å². The number of nitrogens with zero attached hydrogens (tertiary/aromatic N) is 1. The quantitative estimate of drug-likeness (QED) is 0.794. The van der Waals surface area contributed by atoms with Crippen molar-refractivity contribution in [1.82, 2.24) is 4.90 Å². The van der Waals surface area contributed by atoms with Crippen LogP contribution in [0, 0.1) is 6.92 Å². The fourth-order valence-electron chi connectivity index (χ4n) is 1.88. The highest BCUT2D eigenvalue weighted by molar-refractivity contribution is 5.81. The summed E-state index contributed by atoms with van der Waals surface area (Å²) in [5.41, 5.74) is 7.07. The Bertz CT molecular complexity index is 403. The maximum Gasteiger partial charge on any atom is 0.239 e. The molecule has 0 saturated heterocycles. The van der Waals surface area contributed by atoms with Gasteiger partial charge in [-0.25, -0.2) is 0 Å². The number of aryl methyl sites for hydroxylation is 1. The summed E-state index contributed by atoms with van der Waals surface area (Å²) in [4.78, 5) is 13.6. The molecule has 0 aromatic heterocycles. The molecule has 1 aromatic rings. The molecule has 0 radical (unpaired) electrons. The third-order valence-electron chi connectivity index (χ3n) is 3.28. The van der Waals surface area contributed by atoms with E-state index in [9.17, 15) is 4.79 Å². The number of amides is 1. The zero-order chi connectivity index (χ0) is 15.0. The van der Waals surface area contributed by atoms with Crippen molar-refractivity contribution in [2.45, 2.75) is 39.2 Å². The molecule has 0 aliphatic rings. The topological polar surface area (TPSA) is 55.6 Å². The average molecular weight is 278 g/mol. The molecule has 1 amide bonds. The molecule has 0 saturated carbocycles. The van der Waals surface area contributed by atoms with Crippen LogP contribution in [0.4, 0.5) is 0 Å². The second kappa shape index (κ2) is 8.59. The highest BCUT2D eigenvalue weighted by Gasteiger charge is 2.17. The molecule has 1 rings (SSSR count). The van der Waals surface area contributed by atoms with Crippen LogP contribution in [0.3, 0.4) is 0 Å². The molecule has 4 nitrogen and oxygen atoms in total. The molecule has 20 heavy (non-hydrogen) atoms. The van der Waals surface area contributed by atoms with Crippen LogP contribution >= 0.6 is 0 Å². The molecular formula is C16H26N2O2. The van der Waals surface area contributed by atoms with E-state index in [1.165, 1.54) is 5.56 Å². The molecule has 0 spiro atoms. The zero-order valence-corrected chi connectivity index (χ0v) is 12.8. The van der Waals surface area contributed by atoms with Gasteiger partial charge in [-0.3, -0.25) is 4.79 Å². The van der Waals surface area contributed by atoms with Gasteiger partial charge >= 0.3 is 0 Å². The Kier molecular flexibility index (Phi) is 7.09. The SMILES string of the molecule is CCCC[C@H](N)C(=O)N(C)CCOc1ccc(C)cc1. The predicted molar refractivity (Wildman–Crippen MR) is 81.8 cm³/mol. The molecule has 0 aliphatic heterocycles. The van der Waals surface area contributed by atoms with E-state index in [1.807, 2.05) is 31.2 Å². The number of carbonyl (C=O) groups excluding carboxylic acids is 1. The maximum atomic E-state index is 12.0. The number of hydrogen-bond acceptors (Lipinski definition) is 3. The standard InChI is InChI=1S/C16H26N2O2/c1-4-5-6-15(17)16(19)18(3)11-12-20-14-9-7-13(2)8-10-14/h7-10,15H,4-6,11-12,17H2,1-3H3/t15-/m0/s1. The van der Waals surface area contributed by atoms with Crippen molar-refractivity contribution in [1.29, 1.82) is 0 Å². The molecule has 112 valence electrons. The van der Waals surface area contributed by atoms with Gasteiger partial charge in [0.05, 0.1) is 12.6 Å². The fraction of sp³-hybridized carbons (Fsp3) is 0.562. The molecule has 0 heterocycles. The van der Waals surface area contributed by atoms with E-state index in [-0.39, 0.29) is 11.9 Å². The monoisotopic (exact) mass is 278 g/mol. The van der Waals surface area contributed by atoms with Gasteiger partial charge in [0, 0.05) is 7.05 Å². The van der Waals surface area contributed by atoms with Crippen LogP contribution in [0.15, 0.2) is 24.3 Å². The van der Waals surface area contributed by atoms with Gasteiger partial charge in [-0.05, 0) is 25.5 Å². The number of benzene rings is 1. The Balaban J connectivity index is 2.30. The lowest BCUT2D eigenvalue weighted by Crippen LogP contribution is -2.43. The summed E-state index contributed by atoms with van der Waals surface area (Å²) in [6.45, 7) is 5.16. The van der Waals surface area contributed by atoms with Gasteiger partial charge < -0.3 is 15.4 Å². The lowest BCUT2D eigenvalue weighted by Gasteiger charge is -2.21. The van der Waals surface area contributed by atoms with E-state index in [4.69, 9.17) is 10.5 Å². The molecule has 1 atom stereocenters. The Labute approximate surface area is 121 Å². The first-order valence-electron chi connectivity index (χ1n) is 7.24. The van der Waals surface area contributed by atoms with E-state index < -0.39 is 0 Å². The Morgan fingerprint density at radius 2 is 2.00 bits per heavy atom. The number of rotatable bonds is 8. The minimum Gasteiger partial charge on any atom is -0.492 e. The molecule has 0 bridgehead atoms. The van der Waals surface area contributed by atoms with Gasteiger partial charge in [0.25, 0.3) is 0 Å². The first-order chi connectivity index (χ1) is 9.54. The summed E-state index contributed by atoms with van der Waals surface area (Å²) in [6, 6.07) is 7.49. The lowest BCUT2D eigenvalue weighted by atomic mass is 10.1. The molecule has 1 aromatic carbocycles. The van der Waals surface area contributed by atoms with E-state index in [0.717, 1.165) is 25.0 Å². The normalized spacial score (nSPS) is 12.0. The zero-order valence-electron chi connectivity index (χ0n) is 12.8. The van der Waals surface area contributed by atoms with Crippen LogP contribution in [0.25, 0.3) is 0 Å². The number of ether oxygens (including phenoxy) is 1. The largest absolute Gasteiger partial charge is 0.492 e. The van der Waals surface area contributed by atoms with Crippen molar-refractivity contribution in [3.8, 4) is 5.75 Å². The summed E-state index contributed by atoms with van der Waals surface area (Å²) in [6.07, 6.45) is 2.79. The van der Waals surface area contributed by atoms with Crippen LogP contribution in [-0.2, 0) is 4.79 Å². The number of carbonyl (C=O) groups is 1. The smallest absolute Gasteiger partial charge is 0.239 e. The van der Waals surface area contributed by atoms with Crippen LogP contribution in [0.2, 0.25) is 0 Å². The number of nitrogens with two attached hydrogens (primary N) is 1. The van der Waals surface area contributed by atoms with Gasteiger partial charge in [-0.1, -0.05) is 37.5 Å². The fourth-order valence-corrected chi connectivity index (χ4v) is 1.88. The predicted octanol–water partition coefficient (Wildman–Crippen LogP) is 2.35. The molecular weight excluding hydrogens is 252 g/mol. The van der Waals surface area contributed by atoms with Crippen molar-refractivity contribution in [2.75, 3.05) is 20.2 Å². The van der Waals surface area contributed by atoms with E-state index in [1.54, 1.807) is 11.9 Å². The van der Waals surface area contributed by atoms with Crippen LogP contribution in [0.1, 0.15) is 31.7 Å². The molecule has 0 fully saturated rings. The van der Waals surface area contributed by atoms with E-state index in [2.05, 4.69) is 6.92 Å². The Morgan fingerprint density at radius 1 is 1.35 bits per heavy atom. The van der Waals surface area contributed by atoms with Crippen molar-refractivity contribution >= 4 is 5.91 Å². The second-order valence-electron chi connectivity index (χ2n) is 5.17. The van der Waals surface area contributed by atoms with Crippen molar-refractivity contribution < 1.29 is 9.53 Å². The molecule has 4 heteroatoms. The summed E-state index contributed by atoms with van der Waals surface area (Å²) < 4.78 is 5.61. The first-order valence-corrected chi connectivity index (χ1v) is 7.24. The molecule has 0 unspecified atom stereocenters. The van der Waals surface area contributed by atoms with Gasteiger partial charge in [-0.15, -0.1) is 0 Å². The number of hydrogen-bond donors (Lipinski definition) is 1. The van der Waals surface area contributed by atoms with Crippen molar-refractivity contribution in [3.63, 3.8) is 0 Å². The van der Waals surface area contributed by atoms with Gasteiger partial charge in [-0.2, -0.15) is 0 Å². The van der Waals surface area contributed by atoms with Gasteiger partial charge in [0.1, 0.15) is 12.4 Å². The van der Waals surface area contributed by atoms with Crippen molar-refractivity contribution in [2.24, 2.45) is 5.73 Å². The van der Waals surface area contributed by atoms with Crippen LogP contribution in [-0.4, -0.2) is 37.0 Å². The molecule has 2 N–H and O–H groups in total. The summed E-state index contributed by atoms with van der Waals surface area (Å²) in [7, 11) is 1.77. The highest BCUT2D eigenvalue weighted by Crippen LogP contribution is 2.11. The maximum absolute atomic E-state index is 12.0. The van der Waals surface area contributed by atoms with Gasteiger partial charge in [0.2, 0.25) is 5.91 Å². The first kappa shape index (κ1) is 16.5. The van der Waals surface area contributed by atoms with Crippen LogP contribution < -0.4 is 10.5 Å². The third-order valence-corrected chi connectivity index (χ3v) is 3.28. The van der Waals surface area contributed by atoms with Crippen LogP contribution in [0.5, 0.6) is 5.75 Å². The minimum atomic E-state index is -0.390. The second-order valence-corrected chi connectivity index (χ2v) is 5.17. The van der Waals surface area contributed by atoms with E-state index in [0.29, 0.717) is 13.2 Å². The Morgan fingerprint density at radius 3 is 2.60 bits per heavy atom. The Hall–Kier alpha value is -1.55. The lowest BCUT2D eigenvalue weighted by molar-refractivity contribution is -0.131. The third kappa shape index (κ3) is 5.61. The summed E-state index contributed by atoms with van der Waals surface area (Å²) >= 11 is 0. The number of unbranched alkanes of at least 4 members (excludes halogenated alkanes) is 1. The minimum absolute atomic E-state index is 0.00837. The number of likely N-dealkylation sites (N-methyl/N-ethyl adjacent to an activating group) is 1. The summed E-state index contributed by atoms with van der Waals surface area (Å²) in [5, 5.41) is 0. The van der Waals surface area contributed by atoms with E-state index >= 15 is 0 Å². The van der Waals surface area contributed by atoms with Gasteiger partial charge in [0.15, 0.2) is 0 Å².